The van der Waals surface area contributed by atoms with Gasteiger partial charge in [-0.2, -0.15) is 0 Å². The molecule has 1 aliphatic heterocycles. The molecule has 146 valence electrons. The Morgan fingerprint density at radius 3 is 3.04 bits per heavy atom. The average Bonchev–Trinajstić information content (AvgIpc) is 3.15. The maximum absolute atomic E-state index is 12.2. The Hall–Kier alpha value is -2.51. The monoisotopic (exact) mass is 417 g/mol. The number of carbonyl (C=O) groups excluding carboxylic acids is 1. The zero-order chi connectivity index (χ0) is 19.7. The molecule has 0 atom stereocenters. The quantitative estimate of drug-likeness (QED) is 0.641. The SMILES string of the molecule is Cc1cn2c(C=CC(=O)NCCc3cc(Cl)c4c(c3)OCCO4)c(C)nc2s1. The van der Waals surface area contributed by atoms with Crippen LogP contribution in [-0.4, -0.2) is 35.1 Å². The predicted octanol–water partition coefficient (Wildman–Crippen LogP) is 3.81. The number of fused-ring (bicyclic) bond motifs is 2. The Labute approximate surface area is 171 Å². The largest absolute Gasteiger partial charge is 0.486 e. The van der Waals surface area contributed by atoms with Gasteiger partial charge in [0.25, 0.3) is 0 Å². The molecule has 3 heterocycles. The molecule has 4 rings (SSSR count). The highest BCUT2D eigenvalue weighted by Gasteiger charge is 2.16. The van der Waals surface area contributed by atoms with Crippen molar-refractivity contribution in [2.75, 3.05) is 19.8 Å². The lowest BCUT2D eigenvalue weighted by Gasteiger charge is -2.20. The standard InChI is InChI=1S/C20H20ClN3O3S/c1-12-11-24-16(13(2)23-20(24)28-12)3-4-18(25)22-6-5-14-9-15(21)19-17(10-14)26-7-8-27-19/h3-4,9-11H,5-8H2,1-2H3,(H,22,25). The van der Waals surface area contributed by atoms with Crippen molar-refractivity contribution in [1.82, 2.24) is 14.7 Å². The van der Waals surface area contributed by atoms with Gasteiger partial charge in [0.1, 0.15) is 13.2 Å². The molecular formula is C20H20ClN3O3S. The first-order valence-electron chi connectivity index (χ1n) is 9.00. The fraction of sp³-hybridized carbons (Fsp3) is 0.300. The van der Waals surface area contributed by atoms with E-state index in [0.717, 1.165) is 21.9 Å². The first kappa shape index (κ1) is 18.8. The van der Waals surface area contributed by atoms with Gasteiger partial charge in [-0.3, -0.25) is 9.20 Å². The summed E-state index contributed by atoms with van der Waals surface area (Å²) in [6.07, 6.45) is 6.02. The number of ether oxygens (including phenoxy) is 2. The highest BCUT2D eigenvalue weighted by molar-refractivity contribution is 7.17. The molecule has 3 aromatic rings. The van der Waals surface area contributed by atoms with Crippen LogP contribution in [0.25, 0.3) is 11.0 Å². The van der Waals surface area contributed by atoms with Crippen LogP contribution in [0, 0.1) is 13.8 Å². The first-order chi connectivity index (χ1) is 13.5. The van der Waals surface area contributed by atoms with Crippen molar-refractivity contribution in [3.63, 3.8) is 0 Å². The van der Waals surface area contributed by atoms with Crippen molar-refractivity contribution in [1.29, 1.82) is 0 Å². The highest BCUT2D eigenvalue weighted by Crippen LogP contribution is 2.38. The number of aromatic nitrogens is 2. The summed E-state index contributed by atoms with van der Waals surface area (Å²) in [7, 11) is 0. The number of halogens is 1. The lowest BCUT2D eigenvalue weighted by Crippen LogP contribution is -2.23. The molecule has 0 saturated heterocycles. The highest BCUT2D eigenvalue weighted by atomic mass is 35.5. The summed E-state index contributed by atoms with van der Waals surface area (Å²) in [5.74, 6) is 1.10. The summed E-state index contributed by atoms with van der Waals surface area (Å²) in [6.45, 7) is 5.50. The van der Waals surface area contributed by atoms with Gasteiger partial charge in [0.05, 0.1) is 16.4 Å². The maximum Gasteiger partial charge on any atom is 0.244 e. The van der Waals surface area contributed by atoms with Crippen LogP contribution in [0.2, 0.25) is 5.02 Å². The number of hydrogen-bond donors (Lipinski definition) is 1. The van der Waals surface area contributed by atoms with E-state index in [2.05, 4.69) is 10.3 Å². The molecule has 1 N–H and O–H groups in total. The third-order valence-corrected chi connectivity index (χ3v) is 5.60. The molecule has 0 unspecified atom stereocenters. The molecule has 0 spiro atoms. The minimum absolute atomic E-state index is 0.148. The van der Waals surface area contributed by atoms with Crippen LogP contribution < -0.4 is 14.8 Å². The fourth-order valence-corrected chi connectivity index (χ4v) is 4.30. The second kappa shape index (κ2) is 7.85. The van der Waals surface area contributed by atoms with E-state index >= 15 is 0 Å². The zero-order valence-corrected chi connectivity index (χ0v) is 17.2. The van der Waals surface area contributed by atoms with E-state index < -0.39 is 0 Å². The molecule has 6 nitrogen and oxygen atoms in total. The van der Waals surface area contributed by atoms with Gasteiger partial charge in [-0.05, 0) is 44.0 Å². The molecule has 28 heavy (non-hydrogen) atoms. The van der Waals surface area contributed by atoms with E-state index in [1.54, 1.807) is 23.5 Å². The van der Waals surface area contributed by atoms with Crippen molar-refractivity contribution in [2.24, 2.45) is 0 Å². The lowest BCUT2D eigenvalue weighted by molar-refractivity contribution is -0.116. The molecule has 8 heteroatoms. The summed E-state index contributed by atoms with van der Waals surface area (Å²) < 4.78 is 13.1. The number of hydrogen-bond acceptors (Lipinski definition) is 5. The van der Waals surface area contributed by atoms with Gasteiger partial charge in [0.2, 0.25) is 5.91 Å². The number of thiazole rings is 1. The Bertz CT molecular complexity index is 1070. The van der Waals surface area contributed by atoms with Crippen molar-refractivity contribution >= 4 is 39.9 Å². The first-order valence-corrected chi connectivity index (χ1v) is 10.2. The third-order valence-electron chi connectivity index (χ3n) is 4.42. The number of amides is 1. The minimum atomic E-state index is -0.148. The second-order valence-corrected chi connectivity index (χ2v) is 8.17. The number of carbonyl (C=O) groups is 1. The van der Waals surface area contributed by atoms with Crippen LogP contribution in [0.15, 0.2) is 24.4 Å². The Morgan fingerprint density at radius 2 is 2.18 bits per heavy atom. The van der Waals surface area contributed by atoms with Gasteiger partial charge in [-0.25, -0.2) is 4.98 Å². The maximum atomic E-state index is 12.2. The minimum Gasteiger partial charge on any atom is -0.486 e. The lowest BCUT2D eigenvalue weighted by atomic mass is 10.1. The topological polar surface area (TPSA) is 64.9 Å². The van der Waals surface area contributed by atoms with Gasteiger partial charge >= 0.3 is 0 Å². The van der Waals surface area contributed by atoms with Crippen molar-refractivity contribution < 1.29 is 14.3 Å². The molecule has 0 radical (unpaired) electrons. The van der Waals surface area contributed by atoms with Crippen LogP contribution in [0.3, 0.4) is 0 Å². The second-order valence-electron chi connectivity index (χ2n) is 6.55. The number of benzene rings is 1. The summed E-state index contributed by atoms with van der Waals surface area (Å²) in [6, 6.07) is 3.76. The van der Waals surface area contributed by atoms with Crippen LogP contribution in [0.4, 0.5) is 0 Å². The number of nitrogens with one attached hydrogen (secondary N) is 1. The Kier molecular flexibility index (Phi) is 5.28. The molecule has 0 aliphatic carbocycles. The van der Waals surface area contributed by atoms with Gasteiger partial charge in [0, 0.05) is 23.7 Å². The molecule has 1 aliphatic rings. The average molecular weight is 418 g/mol. The molecule has 1 aromatic carbocycles. The predicted molar refractivity (Wildman–Crippen MR) is 111 cm³/mol. The van der Waals surface area contributed by atoms with Crippen LogP contribution in [0.1, 0.15) is 21.8 Å². The van der Waals surface area contributed by atoms with E-state index in [1.165, 1.54) is 4.88 Å². The zero-order valence-electron chi connectivity index (χ0n) is 15.6. The molecule has 0 saturated carbocycles. The van der Waals surface area contributed by atoms with Crippen molar-refractivity contribution in [2.45, 2.75) is 20.3 Å². The van der Waals surface area contributed by atoms with Gasteiger partial charge in [-0.15, -0.1) is 11.3 Å². The number of nitrogens with zero attached hydrogens (tertiary/aromatic N) is 2. The summed E-state index contributed by atoms with van der Waals surface area (Å²) in [4.78, 5) is 18.8. The molecule has 0 fully saturated rings. The molecule has 1 amide bonds. The van der Waals surface area contributed by atoms with Gasteiger partial charge in [0.15, 0.2) is 16.5 Å². The fourth-order valence-electron chi connectivity index (χ4n) is 3.13. The van der Waals surface area contributed by atoms with E-state index in [9.17, 15) is 4.79 Å². The number of rotatable bonds is 5. The van der Waals surface area contributed by atoms with E-state index in [0.29, 0.717) is 42.7 Å². The van der Waals surface area contributed by atoms with E-state index in [4.69, 9.17) is 21.1 Å². The van der Waals surface area contributed by atoms with Crippen LogP contribution in [0.5, 0.6) is 11.5 Å². The number of imidazole rings is 1. The van der Waals surface area contributed by atoms with Crippen LogP contribution in [-0.2, 0) is 11.2 Å². The van der Waals surface area contributed by atoms with Crippen LogP contribution >= 0.6 is 22.9 Å². The van der Waals surface area contributed by atoms with Crippen molar-refractivity contribution in [3.8, 4) is 11.5 Å². The van der Waals surface area contributed by atoms with Crippen molar-refractivity contribution in [3.05, 3.63) is 51.3 Å². The normalized spacial score (nSPS) is 13.4. The van der Waals surface area contributed by atoms with E-state index in [1.807, 2.05) is 36.6 Å². The molecule has 0 bridgehead atoms. The van der Waals surface area contributed by atoms with E-state index in [-0.39, 0.29) is 5.91 Å². The Morgan fingerprint density at radius 1 is 1.36 bits per heavy atom. The number of aryl methyl sites for hydroxylation is 2. The third kappa shape index (κ3) is 3.86. The molecular weight excluding hydrogens is 398 g/mol. The Balaban J connectivity index is 1.36. The summed E-state index contributed by atoms with van der Waals surface area (Å²) >= 11 is 7.88. The molecule has 2 aromatic heterocycles. The smallest absolute Gasteiger partial charge is 0.244 e. The summed E-state index contributed by atoms with van der Waals surface area (Å²) in [5, 5.41) is 3.43. The van der Waals surface area contributed by atoms with Gasteiger partial charge < -0.3 is 14.8 Å². The van der Waals surface area contributed by atoms with Gasteiger partial charge in [-0.1, -0.05) is 11.6 Å². The summed E-state index contributed by atoms with van der Waals surface area (Å²) in [5.41, 5.74) is 2.81.